The lowest BCUT2D eigenvalue weighted by atomic mass is 10.00. The van der Waals surface area contributed by atoms with Gasteiger partial charge in [-0.25, -0.2) is 9.97 Å². The smallest absolute Gasteiger partial charge is 0.135 e. The number of nitrogens with one attached hydrogen (secondary N) is 2. The normalized spacial score (nSPS) is 12.8. The highest BCUT2D eigenvalue weighted by molar-refractivity contribution is 5.59. The maximum absolute atomic E-state index is 4.48. The van der Waals surface area contributed by atoms with Crippen LogP contribution in [-0.2, 0) is 0 Å². The van der Waals surface area contributed by atoms with Crippen molar-refractivity contribution in [3.05, 3.63) is 11.9 Å². The highest BCUT2D eigenvalue weighted by Gasteiger charge is 2.18. The zero-order chi connectivity index (χ0) is 15.1. The molecule has 1 atom stereocenters. The van der Waals surface area contributed by atoms with Crippen molar-refractivity contribution in [2.75, 3.05) is 17.2 Å². The first kappa shape index (κ1) is 16.7. The molecule has 0 saturated carbocycles. The van der Waals surface area contributed by atoms with Crippen molar-refractivity contribution in [3.63, 3.8) is 0 Å². The van der Waals surface area contributed by atoms with Gasteiger partial charge >= 0.3 is 0 Å². The highest BCUT2D eigenvalue weighted by atomic mass is 15.1. The third-order valence-electron chi connectivity index (χ3n) is 3.57. The van der Waals surface area contributed by atoms with Crippen LogP contribution in [0.25, 0.3) is 0 Å². The SMILES string of the molecule is CCCNc1ncnc(NC(CC)C(C)C)c1C(C)C. The van der Waals surface area contributed by atoms with Gasteiger partial charge in [0, 0.05) is 18.2 Å². The van der Waals surface area contributed by atoms with Gasteiger partial charge in [0.2, 0.25) is 0 Å². The lowest BCUT2D eigenvalue weighted by Crippen LogP contribution is -2.26. The van der Waals surface area contributed by atoms with Crippen molar-refractivity contribution in [2.24, 2.45) is 5.92 Å². The van der Waals surface area contributed by atoms with E-state index in [0.717, 1.165) is 31.0 Å². The summed E-state index contributed by atoms with van der Waals surface area (Å²) in [5, 5.41) is 7.02. The third-order valence-corrected chi connectivity index (χ3v) is 3.57. The van der Waals surface area contributed by atoms with Crippen LogP contribution in [0, 0.1) is 5.92 Å². The van der Waals surface area contributed by atoms with Crippen molar-refractivity contribution >= 4 is 11.6 Å². The lowest BCUT2D eigenvalue weighted by Gasteiger charge is -2.24. The molecule has 20 heavy (non-hydrogen) atoms. The van der Waals surface area contributed by atoms with Crippen LogP contribution >= 0.6 is 0 Å². The number of nitrogens with zero attached hydrogens (tertiary/aromatic N) is 2. The van der Waals surface area contributed by atoms with Crippen LogP contribution in [0.5, 0.6) is 0 Å². The molecule has 0 aliphatic heterocycles. The summed E-state index contributed by atoms with van der Waals surface area (Å²) in [7, 11) is 0. The maximum Gasteiger partial charge on any atom is 0.135 e. The summed E-state index contributed by atoms with van der Waals surface area (Å²) < 4.78 is 0. The Labute approximate surface area is 123 Å². The first-order chi connectivity index (χ1) is 9.51. The molecule has 4 nitrogen and oxygen atoms in total. The Balaban J connectivity index is 3.05. The Morgan fingerprint density at radius 2 is 1.70 bits per heavy atom. The Hall–Kier alpha value is -1.32. The molecule has 0 radical (unpaired) electrons. The molecule has 1 aromatic rings. The average Bonchev–Trinajstić information content (AvgIpc) is 2.41. The quantitative estimate of drug-likeness (QED) is 0.745. The van der Waals surface area contributed by atoms with Gasteiger partial charge < -0.3 is 10.6 Å². The van der Waals surface area contributed by atoms with E-state index < -0.39 is 0 Å². The van der Waals surface area contributed by atoms with Crippen LogP contribution in [0.4, 0.5) is 11.6 Å². The summed E-state index contributed by atoms with van der Waals surface area (Å²) in [6.07, 6.45) is 3.84. The zero-order valence-corrected chi connectivity index (χ0v) is 13.8. The van der Waals surface area contributed by atoms with Gasteiger partial charge in [-0.1, -0.05) is 41.5 Å². The first-order valence-corrected chi connectivity index (χ1v) is 7.86. The van der Waals surface area contributed by atoms with Gasteiger partial charge in [-0.05, 0) is 24.7 Å². The van der Waals surface area contributed by atoms with Crippen LogP contribution in [0.1, 0.15) is 65.9 Å². The van der Waals surface area contributed by atoms with Crippen molar-refractivity contribution in [2.45, 2.75) is 66.3 Å². The Kier molecular flexibility index (Phi) is 6.76. The van der Waals surface area contributed by atoms with Gasteiger partial charge in [-0.2, -0.15) is 0 Å². The first-order valence-electron chi connectivity index (χ1n) is 7.86. The van der Waals surface area contributed by atoms with Crippen LogP contribution in [0.15, 0.2) is 6.33 Å². The number of hydrogen-bond acceptors (Lipinski definition) is 4. The van der Waals surface area contributed by atoms with Gasteiger partial charge in [0.15, 0.2) is 0 Å². The summed E-state index contributed by atoms with van der Waals surface area (Å²) >= 11 is 0. The van der Waals surface area contributed by atoms with Crippen LogP contribution < -0.4 is 10.6 Å². The van der Waals surface area contributed by atoms with Gasteiger partial charge in [0.1, 0.15) is 18.0 Å². The second-order valence-corrected chi connectivity index (χ2v) is 5.97. The summed E-state index contributed by atoms with van der Waals surface area (Å²) in [5.74, 6) is 2.93. The van der Waals surface area contributed by atoms with E-state index in [0.29, 0.717) is 17.9 Å². The van der Waals surface area contributed by atoms with Gasteiger partial charge in [-0.3, -0.25) is 0 Å². The average molecular weight is 278 g/mol. The minimum Gasteiger partial charge on any atom is -0.370 e. The molecule has 0 saturated heterocycles. The second kappa shape index (κ2) is 8.08. The van der Waals surface area contributed by atoms with Crippen molar-refractivity contribution in [3.8, 4) is 0 Å². The fourth-order valence-corrected chi connectivity index (χ4v) is 2.36. The molecule has 1 aromatic heterocycles. The molecular weight excluding hydrogens is 248 g/mol. The second-order valence-electron chi connectivity index (χ2n) is 5.97. The largest absolute Gasteiger partial charge is 0.370 e. The van der Waals surface area contributed by atoms with E-state index in [-0.39, 0.29) is 0 Å². The predicted molar refractivity (Wildman–Crippen MR) is 87.4 cm³/mol. The molecule has 114 valence electrons. The minimum absolute atomic E-state index is 0.391. The van der Waals surface area contributed by atoms with E-state index in [4.69, 9.17) is 0 Å². The molecular formula is C16H30N4. The Bertz CT molecular complexity index is 401. The highest BCUT2D eigenvalue weighted by Crippen LogP contribution is 2.29. The summed E-state index contributed by atoms with van der Waals surface area (Å²) in [5.41, 5.74) is 1.19. The molecule has 0 fully saturated rings. The van der Waals surface area contributed by atoms with E-state index in [1.807, 2.05) is 0 Å². The third kappa shape index (κ3) is 4.36. The molecule has 0 spiro atoms. The van der Waals surface area contributed by atoms with Crippen molar-refractivity contribution in [1.82, 2.24) is 9.97 Å². The fourth-order valence-electron chi connectivity index (χ4n) is 2.36. The van der Waals surface area contributed by atoms with Crippen molar-refractivity contribution < 1.29 is 0 Å². The molecule has 1 unspecified atom stereocenters. The van der Waals surface area contributed by atoms with E-state index >= 15 is 0 Å². The molecule has 0 amide bonds. The summed E-state index contributed by atoms with van der Waals surface area (Å²) in [6.45, 7) is 14.2. The summed E-state index contributed by atoms with van der Waals surface area (Å²) in [6, 6.07) is 0.446. The zero-order valence-electron chi connectivity index (χ0n) is 13.8. The molecule has 0 aromatic carbocycles. The molecule has 0 aliphatic rings. The van der Waals surface area contributed by atoms with Gasteiger partial charge in [0.25, 0.3) is 0 Å². The Morgan fingerprint density at radius 3 is 2.20 bits per heavy atom. The molecule has 4 heteroatoms. The van der Waals surface area contributed by atoms with E-state index in [1.54, 1.807) is 6.33 Å². The minimum atomic E-state index is 0.391. The molecule has 1 heterocycles. The van der Waals surface area contributed by atoms with Crippen molar-refractivity contribution in [1.29, 1.82) is 0 Å². The standard InChI is InChI=1S/C16H30N4/c1-7-9-17-15-14(12(5)6)16(19-10-18-15)20-13(8-2)11(3)4/h10-13H,7-9H2,1-6H3,(H2,17,18,19,20). The van der Waals surface area contributed by atoms with E-state index in [1.165, 1.54) is 5.56 Å². The van der Waals surface area contributed by atoms with Gasteiger partial charge in [0.05, 0.1) is 0 Å². The van der Waals surface area contributed by atoms with E-state index in [9.17, 15) is 0 Å². The topological polar surface area (TPSA) is 49.8 Å². The Morgan fingerprint density at radius 1 is 1.05 bits per heavy atom. The fraction of sp³-hybridized carbons (Fsp3) is 0.750. The number of anilines is 2. The van der Waals surface area contributed by atoms with Crippen LogP contribution in [0.3, 0.4) is 0 Å². The monoisotopic (exact) mass is 278 g/mol. The number of hydrogen-bond donors (Lipinski definition) is 2. The van der Waals surface area contributed by atoms with Crippen LogP contribution in [-0.4, -0.2) is 22.6 Å². The van der Waals surface area contributed by atoms with Crippen LogP contribution in [0.2, 0.25) is 0 Å². The lowest BCUT2D eigenvalue weighted by molar-refractivity contribution is 0.509. The number of rotatable bonds is 8. The predicted octanol–water partition coefficient (Wildman–Crippen LogP) is 4.27. The van der Waals surface area contributed by atoms with E-state index in [2.05, 4.69) is 62.1 Å². The number of aromatic nitrogens is 2. The molecule has 0 aliphatic carbocycles. The molecule has 0 bridgehead atoms. The molecule has 2 N–H and O–H groups in total. The summed E-state index contributed by atoms with van der Waals surface area (Å²) in [4.78, 5) is 8.89. The molecule has 1 rings (SSSR count). The van der Waals surface area contributed by atoms with Gasteiger partial charge in [-0.15, -0.1) is 0 Å². The maximum atomic E-state index is 4.48.